The van der Waals surface area contributed by atoms with Gasteiger partial charge in [0.15, 0.2) is 0 Å². The molecule has 2 heteroatoms. The molecule has 20 heavy (non-hydrogen) atoms. The monoisotopic (exact) mass is 287 g/mol. The van der Waals surface area contributed by atoms with Gasteiger partial charge in [-0.1, -0.05) is 48.9 Å². The van der Waals surface area contributed by atoms with E-state index in [1.165, 1.54) is 22.3 Å². The van der Waals surface area contributed by atoms with E-state index in [1.54, 1.807) is 0 Å². The van der Waals surface area contributed by atoms with Crippen LogP contribution in [0, 0.1) is 20.8 Å². The van der Waals surface area contributed by atoms with Crippen molar-refractivity contribution >= 4 is 11.6 Å². The minimum absolute atomic E-state index is 0.146. The first-order valence-corrected chi connectivity index (χ1v) is 7.48. The third-order valence-electron chi connectivity index (χ3n) is 3.82. The topological polar surface area (TPSA) is 12.0 Å². The number of benzene rings is 2. The first-order valence-electron chi connectivity index (χ1n) is 7.10. The van der Waals surface area contributed by atoms with Crippen molar-refractivity contribution in [3.63, 3.8) is 0 Å². The van der Waals surface area contributed by atoms with Crippen LogP contribution in [0.2, 0.25) is 5.02 Å². The molecule has 0 aliphatic rings. The molecule has 0 saturated carbocycles. The Balaban J connectivity index is 2.54. The smallest absolute Gasteiger partial charge is 0.0594 e. The maximum atomic E-state index is 6.39. The summed E-state index contributed by atoms with van der Waals surface area (Å²) in [5.41, 5.74) is 6.41. The van der Waals surface area contributed by atoms with Crippen LogP contribution in [0.3, 0.4) is 0 Å². The van der Waals surface area contributed by atoms with Gasteiger partial charge in [0, 0.05) is 5.02 Å². The predicted molar refractivity (Wildman–Crippen MR) is 87.6 cm³/mol. The molecule has 0 aliphatic heterocycles. The SMILES string of the molecule is CCNC(c1cc(C)c(C)cc1C)c1ccccc1Cl. The molecule has 2 rings (SSSR count). The summed E-state index contributed by atoms with van der Waals surface area (Å²) in [6, 6.07) is 12.8. The Morgan fingerprint density at radius 1 is 0.950 bits per heavy atom. The molecule has 0 radical (unpaired) electrons. The second kappa shape index (κ2) is 6.43. The molecule has 0 amide bonds. The molecule has 1 unspecified atom stereocenters. The molecular weight excluding hydrogens is 266 g/mol. The van der Waals surface area contributed by atoms with Crippen LogP contribution in [-0.4, -0.2) is 6.54 Å². The van der Waals surface area contributed by atoms with E-state index in [4.69, 9.17) is 11.6 Å². The fraction of sp³-hybridized carbons (Fsp3) is 0.333. The molecule has 106 valence electrons. The van der Waals surface area contributed by atoms with Crippen molar-refractivity contribution < 1.29 is 0 Å². The molecule has 0 saturated heterocycles. The Morgan fingerprint density at radius 3 is 2.25 bits per heavy atom. The number of nitrogens with one attached hydrogen (secondary N) is 1. The summed E-state index contributed by atoms with van der Waals surface area (Å²) in [6.45, 7) is 9.52. The van der Waals surface area contributed by atoms with E-state index in [-0.39, 0.29) is 6.04 Å². The summed E-state index contributed by atoms with van der Waals surface area (Å²) in [7, 11) is 0. The van der Waals surface area contributed by atoms with Gasteiger partial charge in [-0.25, -0.2) is 0 Å². The molecule has 0 aliphatic carbocycles. The standard InChI is InChI=1S/C18H22ClN/c1-5-20-18(15-8-6-7-9-17(15)19)16-11-13(3)12(2)10-14(16)4/h6-11,18,20H,5H2,1-4H3. The van der Waals surface area contributed by atoms with Crippen molar-refractivity contribution in [3.8, 4) is 0 Å². The van der Waals surface area contributed by atoms with E-state index in [1.807, 2.05) is 18.2 Å². The Hall–Kier alpha value is -1.31. The molecule has 1 atom stereocenters. The van der Waals surface area contributed by atoms with Gasteiger partial charge in [-0.15, -0.1) is 0 Å². The molecule has 1 N–H and O–H groups in total. The first kappa shape index (κ1) is 15.1. The molecule has 0 spiro atoms. The molecule has 0 heterocycles. The Kier molecular flexibility index (Phi) is 4.85. The van der Waals surface area contributed by atoms with E-state index in [2.05, 4.69) is 51.2 Å². The van der Waals surface area contributed by atoms with Crippen LogP contribution in [0.1, 0.15) is 40.8 Å². The van der Waals surface area contributed by atoms with Gasteiger partial charge in [0.1, 0.15) is 0 Å². The number of rotatable bonds is 4. The number of aryl methyl sites for hydroxylation is 3. The fourth-order valence-corrected chi connectivity index (χ4v) is 2.84. The fourth-order valence-electron chi connectivity index (χ4n) is 2.59. The van der Waals surface area contributed by atoms with E-state index in [9.17, 15) is 0 Å². The van der Waals surface area contributed by atoms with E-state index in [0.29, 0.717) is 0 Å². The van der Waals surface area contributed by atoms with Crippen molar-refractivity contribution in [3.05, 3.63) is 69.2 Å². The van der Waals surface area contributed by atoms with Gasteiger partial charge >= 0.3 is 0 Å². The average Bonchev–Trinajstić information content (AvgIpc) is 2.42. The zero-order chi connectivity index (χ0) is 14.7. The zero-order valence-corrected chi connectivity index (χ0v) is 13.4. The largest absolute Gasteiger partial charge is 0.306 e. The van der Waals surface area contributed by atoms with Gasteiger partial charge in [0.05, 0.1) is 6.04 Å². The summed E-state index contributed by atoms with van der Waals surface area (Å²) >= 11 is 6.39. The number of halogens is 1. The zero-order valence-electron chi connectivity index (χ0n) is 12.6. The summed E-state index contributed by atoms with van der Waals surface area (Å²) < 4.78 is 0. The molecule has 0 aromatic heterocycles. The van der Waals surface area contributed by atoms with Crippen LogP contribution in [-0.2, 0) is 0 Å². The minimum Gasteiger partial charge on any atom is -0.306 e. The Morgan fingerprint density at radius 2 is 1.60 bits per heavy atom. The van der Waals surface area contributed by atoms with E-state index >= 15 is 0 Å². The number of hydrogen-bond acceptors (Lipinski definition) is 1. The molecular formula is C18H22ClN. The maximum Gasteiger partial charge on any atom is 0.0594 e. The van der Waals surface area contributed by atoms with Crippen molar-refractivity contribution in [1.29, 1.82) is 0 Å². The highest BCUT2D eigenvalue weighted by atomic mass is 35.5. The van der Waals surface area contributed by atoms with Crippen molar-refractivity contribution in [2.75, 3.05) is 6.54 Å². The lowest BCUT2D eigenvalue weighted by molar-refractivity contribution is 0.627. The summed E-state index contributed by atoms with van der Waals surface area (Å²) in [4.78, 5) is 0. The van der Waals surface area contributed by atoms with Crippen LogP contribution in [0.15, 0.2) is 36.4 Å². The first-order chi connectivity index (χ1) is 9.54. The number of hydrogen-bond donors (Lipinski definition) is 1. The van der Waals surface area contributed by atoms with Crippen LogP contribution < -0.4 is 5.32 Å². The second-order valence-electron chi connectivity index (χ2n) is 5.31. The highest BCUT2D eigenvalue weighted by molar-refractivity contribution is 6.31. The summed E-state index contributed by atoms with van der Waals surface area (Å²) in [5, 5.41) is 4.37. The van der Waals surface area contributed by atoms with E-state index in [0.717, 1.165) is 17.1 Å². The van der Waals surface area contributed by atoms with Crippen molar-refractivity contribution in [2.45, 2.75) is 33.7 Å². The maximum absolute atomic E-state index is 6.39. The van der Waals surface area contributed by atoms with Crippen LogP contribution >= 0.6 is 11.6 Å². The molecule has 2 aromatic carbocycles. The van der Waals surface area contributed by atoms with Gasteiger partial charge in [-0.05, 0) is 61.2 Å². The lowest BCUT2D eigenvalue weighted by atomic mass is 9.91. The Labute approximate surface area is 127 Å². The van der Waals surface area contributed by atoms with E-state index < -0.39 is 0 Å². The van der Waals surface area contributed by atoms with Gasteiger partial charge < -0.3 is 5.32 Å². The highest BCUT2D eigenvalue weighted by Crippen LogP contribution is 2.31. The molecule has 2 aromatic rings. The van der Waals surface area contributed by atoms with Crippen LogP contribution in [0.5, 0.6) is 0 Å². The molecule has 0 fully saturated rings. The van der Waals surface area contributed by atoms with Gasteiger partial charge in [-0.3, -0.25) is 0 Å². The average molecular weight is 288 g/mol. The van der Waals surface area contributed by atoms with Crippen molar-refractivity contribution in [2.24, 2.45) is 0 Å². The minimum atomic E-state index is 0.146. The summed E-state index contributed by atoms with van der Waals surface area (Å²) in [5.74, 6) is 0. The molecule has 0 bridgehead atoms. The summed E-state index contributed by atoms with van der Waals surface area (Å²) in [6.07, 6.45) is 0. The highest BCUT2D eigenvalue weighted by Gasteiger charge is 2.18. The van der Waals surface area contributed by atoms with Gasteiger partial charge in [0.25, 0.3) is 0 Å². The lowest BCUT2D eigenvalue weighted by Gasteiger charge is -2.23. The quantitative estimate of drug-likeness (QED) is 0.838. The van der Waals surface area contributed by atoms with Crippen molar-refractivity contribution in [1.82, 2.24) is 5.32 Å². The van der Waals surface area contributed by atoms with Gasteiger partial charge in [0.2, 0.25) is 0 Å². The van der Waals surface area contributed by atoms with Gasteiger partial charge in [-0.2, -0.15) is 0 Å². The normalized spacial score (nSPS) is 12.4. The Bertz CT molecular complexity index is 604. The van der Waals surface area contributed by atoms with Crippen LogP contribution in [0.25, 0.3) is 0 Å². The predicted octanol–water partition coefficient (Wildman–Crippen LogP) is 4.96. The second-order valence-corrected chi connectivity index (χ2v) is 5.71. The third-order valence-corrected chi connectivity index (χ3v) is 4.16. The third kappa shape index (κ3) is 3.05. The molecule has 1 nitrogen and oxygen atoms in total. The lowest BCUT2D eigenvalue weighted by Crippen LogP contribution is -2.23. The van der Waals surface area contributed by atoms with Crippen LogP contribution in [0.4, 0.5) is 0 Å².